The molecule has 1 fully saturated rings. The Balaban J connectivity index is 1.68. The number of carbonyl (C=O) groups excluding carboxylic acids is 1. The number of halogens is 2. The van der Waals surface area contributed by atoms with Crippen molar-refractivity contribution >= 4 is 5.91 Å². The van der Waals surface area contributed by atoms with Crippen LogP contribution in [0.4, 0.5) is 8.78 Å². The van der Waals surface area contributed by atoms with E-state index >= 15 is 0 Å². The van der Waals surface area contributed by atoms with Gasteiger partial charge in [-0.2, -0.15) is 5.10 Å². The number of carbonyl (C=O) groups is 1. The Kier molecular flexibility index (Phi) is 5.02. The van der Waals surface area contributed by atoms with Crippen LogP contribution in [0, 0.1) is 0 Å². The second kappa shape index (κ2) is 7.37. The lowest BCUT2D eigenvalue weighted by Crippen LogP contribution is -2.39. The van der Waals surface area contributed by atoms with Crippen molar-refractivity contribution in [1.29, 1.82) is 0 Å². The topological polar surface area (TPSA) is 71.1 Å². The van der Waals surface area contributed by atoms with Crippen LogP contribution in [-0.4, -0.2) is 52.1 Å². The highest BCUT2D eigenvalue weighted by atomic mass is 19.3. The molecule has 8 heteroatoms. The Morgan fingerprint density at radius 1 is 1.42 bits per heavy atom. The third kappa shape index (κ3) is 3.87. The van der Waals surface area contributed by atoms with Crippen LogP contribution >= 0.6 is 0 Å². The van der Waals surface area contributed by atoms with Crippen LogP contribution < -0.4 is 4.74 Å². The molecule has 0 spiro atoms. The Labute approximate surface area is 137 Å². The summed E-state index contributed by atoms with van der Waals surface area (Å²) in [5.74, 6) is 0.105. The maximum absolute atomic E-state index is 12.7. The average Bonchev–Trinajstić information content (AvgIpc) is 3.14. The highest BCUT2D eigenvalue weighted by molar-refractivity contribution is 5.94. The van der Waals surface area contributed by atoms with E-state index in [2.05, 4.69) is 15.2 Å². The zero-order valence-corrected chi connectivity index (χ0v) is 13.0. The molecule has 128 valence electrons. The molecule has 1 unspecified atom stereocenters. The highest BCUT2D eigenvalue weighted by Crippen LogP contribution is 2.26. The first-order chi connectivity index (χ1) is 11.6. The van der Waals surface area contributed by atoms with Crippen LogP contribution in [0.3, 0.4) is 0 Å². The summed E-state index contributed by atoms with van der Waals surface area (Å²) in [5.41, 5.74) is 1.41. The van der Waals surface area contributed by atoms with Crippen LogP contribution in [-0.2, 0) is 0 Å². The number of ether oxygens (including phenoxy) is 1. The van der Waals surface area contributed by atoms with E-state index in [-0.39, 0.29) is 17.7 Å². The predicted molar refractivity (Wildman–Crippen MR) is 82.2 cm³/mol. The minimum Gasteiger partial charge on any atom is -0.472 e. The van der Waals surface area contributed by atoms with Gasteiger partial charge in [0.1, 0.15) is 0 Å². The van der Waals surface area contributed by atoms with Crippen molar-refractivity contribution in [2.24, 2.45) is 0 Å². The van der Waals surface area contributed by atoms with Crippen LogP contribution in [0.5, 0.6) is 5.88 Å². The third-order valence-electron chi connectivity index (χ3n) is 4.01. The molecule has 1 N–H and O–H groups in total. The van der Waals surface area contributed by atoms with Crippen LogP contribution in [0.25, 0.3) is 0 Å². The number of nitrogens with one attached hydrogen (secondary N) is 1. The molecule has 0 radical (unpaired) electrons. The number of alkyl halides is 2. The van der Waals surface area contributed by atoms with Crippen molar-refractivity contribution < 1.29 is 18.3 Å². The molecule has 1 amide bonds. The smallest absolute Gasteiger partial charge is 0.272 e. The molecule has 6 nitrogen and oxygen atoms in total. The largest absolute Gasteiger partial charge is 0.472 e. The van der Waals surface area contributed by atoms with Gasteiger partial charge in [0.2, 0.25) is 5.88 Å². The van der Waals surface area contributed by atoms with E-state index in [0.717, 1.165) is 18.5 Å². The summed E-state index contributed by atoms with van der Waals surface area (Å²) in [6.07, 6.45) is 2.40. The Morgan fingerprint density at radius 3 is 3.04 bits per heavy atom. The van der Waals surface area contributed by atoms with Crippen molar-refractivity contribution in [2.75, 3.05) is 19.7 Å². The first-order valence-corrected chi connectivity index (χ1v) is 7.79. The van der Waals surface area contributed by atoms with E-state index in [1.165, 1.54) is 12.3 Å². The van der Waals surface area contributed by atoms with Crippen molar-refractivity contribution in [3.05, 3.63) is 41.9 Å². The first kappa shape index (κ1) is 16.4. The number of hydrogen-bond acceptors (Lipinski definition) is 4. The van der Waals surface area contributed by atoms with Crippen molar-refractivity contribution in [2.45, 2.75) is 25.2 Å². The molecule has 24 heavy (non-hydrogen) atoms. The zero-order chi connectivity index (χ0) is 16.9. The summed E-state index contributed by atoms with van der Waals surface area (Å²) in [5, 5.41) is 6.91. The maximum Gasteiger partial charge on any atom is 0.272 e. The fraction of sp³-hybridized carbons (Fsp3) is 0.438. The minimum atomic E-state index is -2.58. The molecule has 1 atom stereocenters. The van der Waals surface area contributed by atoms with Gasteiger partial charge >= 0.3 is 0 Å². The molecule has 3 rings (SSSR count). The summed E-state index contributed by atoms with van der Waals surface area (Å²) >= 11 is 0. The normalized spacial score (nSPS) is 18.0. The van der Waals surface area contributed by atoms with Gasteiger partial charge in [-0.25, -0.2) is 13.8 Å². The van der Waals surface area contributed by atoms with Crippen LogP contribution in [0.1, 0.15) is 34.8 Å². The Morgan fingerprint density at radius 2 is 2.29 bits per heavy atom. The van der Waals surface area contributed by atoms with Gasteiger partial charge < -0.3 is 9.64 Å². The lowest BCUT2D eigenvalue weighted by atomic mass is 9.94. The van der Waals surface area contributed by atoms with Gasteiger partial charge in [0, 0.05) is 48.7 Å². The number of aromatic nitrogens is 3. The van der Waals surface area contributed by atoms with Crippen molar-refractivity contribution in [1.82, 2.24) is 20.1 Å². The second-order valence-electron chi connectivity index (χ2n) is 5.69. The molecule has 0 bridgehead atoms. The second-order valence-corrected chi connectivity index (χ2v) is 5.69. The van der Waals surface area contributed by atoms with Gasteiger partial charge in [0.15, 0.2) is 6.61 Å². The van der Waals surface area contributed by atoms with E-state index in [1.54, 1.807) is 17.2 Å². The lowest BCUT2D eigenvalue weighted by molar-refractivity contribution is 0.0702. The van der Waals surface area contributed by atoms with Gasteiger partial charge in [-0.1, -0.05) is 0 Å². The van der Waals surface area contributed by atoms with E-state index in [9.17, 15) is 13.6 Å². The molecule has 2 aromatic heterocycles. The summed E-state index contributed by atoms with van der Waals surface area (Å²) < 4.78 is 29.3. The summed E-state index contributed by atoms with van der Waals surface area (Å²) in [4.78, 5) is 18.3. The number of H-pyrrole nitrogens is 1. The highest BCUT2D eigenvalue weighted by Gasteiger charge is 2.26. The Hall–Kier alpha value is -2.51. The van der Waals surface area contributed by atoms with E-state index in [0.29, 0.717) is 18.7 Å². The number of hydrogen-bond donors (Lipinski definition) is 1. The van der Waals surface area contributed by atoms with E-state index < -0.39 is 13.0 Å². The van der Waals surface area contributed by atoms with Gasteiger partial charge in [-0.3, -0.25) is 9.89 Å². The first-order valence-electron chi connectivity index (χ1n) is 7.79. The fourth-order valence-electron chi connectivity index (χ4n) is 2.86. The molecule has 0 saturated carbocycles. The average molecular weight is 336 g/mol. The molecule has 1 saturated heterocycles. The molecular formula is C16H18F2N4O2. The number of amides is 1. The van der Waals surface area contributed by atoms with Crippen molar-refractivity contribution in [3.63, 3.8) is 0 Å². The SMILES string of the molecule is O=C(c1ccnc(OCC(F)F)c1)N1CCCC(c2ccn[nH]2)C1. The van der Waals surface area contributed by atoms with E-state index in [1.807, 2.05) is 6.07 Å². The lowest BCUT2D eigenvalue weighted by Gasteiger charge is -2.32. The molecule has 3 heterocycles. The van der Waals surface area contributed by atoms with Crippen LogP contribution in [0.2, 0.25) is 0 Å². The standard InChI is InChI=1S/C16H18F2N4O2/c17-14(18)10-24-15-8-11(3-5-19-15)16(23)22-7-1-2-12(9-22)13-4-6-20-21-13/h3-6,8,12,14H,1-2,7,9-10H2,(H,20,21). The molecule has 0 aliphatic carbocycles. The number of aromatic amines is 1. The zero-order valence-electron chi connectivity index (χ0n) is 13.0. The number of nitrogens with zero attached hydrogens (tertiary/aromatic N) is 3. The molecule has 0 aromatic carbocycles. The molecule has 1 aliphatic rings. The van der Waals surface area contributed by atoms with E-state index in [4.69, 9.17) is 4.74 Å². The summed E-state index contributed by atoms with van der Waals surface area (Å²) in [6, 6.07) is 4.89. The third-order valence-corrected chi connectivity index (χ3v) is 4.01. The van der Waals surface area contributed by atoms with Gasteiger partial charge in [-0.15, -0.1) is 0 Å². The molecule has 1 aliphatic heterocycles. The fourth-order valence-corrected chi connectivity index (χ4v) is 2.86. The van der Waals surface area contributed by atoms with Gasteiger partial charge in [0.05, 0.1) is 0 Å². The predicted octanol–water partition coefficient (Wildman–Crippen LogP) is 2.47. The molecular weight excluding hydrogens is 318 g/mol. The molecule has 2 aromatic rings. The monoisotopic (exact) mass is 336 g/mol. The Bertz CT molecular complexity index is 678. The summed E-state index contributed by atoms with van der Waals surface area (Å²) in [6.45, 7) is 0.520. The maximum atomic E-state index is 12.7. The minimum absolute atomic E-state index is 0.0308. The van der Waals surface area contributed by atoms with Gasteiger partial charge in [-0.05, 0) is 25.0 Å². The number of piperidine rings is 1. The van der Waals surface area contributed by atoms with Gasteiger partial charge in [0.25, 0.3) is 12.3 Å². The number of rotatable bonds is 5. The number of pyridine rings is 1. The summed E-state index contributed by atoms with van der Waals surface area (Å²) in [7, 11) is 0. The van der Waals surface area contributed by atoms with Crippen LogP contribution in [0.15, 0.2) is 30.6 Å². The number of likely N-dealkylation sites (tertiary alicyclic amines) is 1. The quantitative estimate of drug-likeness (QED) is 0.910. The van der Waals surface area contributed by atoms with Crippen molar-refractivity contribution in [3.8, 4) is 5.88 Å².